The first kappa shape index (κ1) is 16.2. The van der Waals surface area contributed by atoms with Crippen LogP contribution in [0.25, 0.3) is 43.5 Å². The van der Waals surface area contributed by atoms with E-state index in [9.17, 15) is 21.6 Å². The molecule has 4 nitrogen and oxygen atoms in total. The highest BCUT2D eigenvalue weighted by Crippen LogP contribution is 2.45. The van der Waals surface area contributed by atoms with E-state index in [1.807, 2.05) is 12.1 Å². The summed E-state index contributed by atoms with van der Waals surface area (Å²) in [4.78, 5) is 0. The smallest absolute Gasteiger partial charge is 0.456 e. The predicted molar refractivity (Wildman–Crippen MR) is 95.5 cm³/mol. The van der Waals surface area contributed by atoms with Crippen LogP contribution >= 0.6 is 0 Å². The van der Waals surface area contributed by atoms with Crippen molar-refractivity contribution in [3.05, 3.63) is 54.6 Å². The maximum absolute atomic E-state index is 12.8. The molecule has 0 spiro atoms. The quantitative estimate of drug-likeness (QED) is 0.225. The fraction of sp³-hybridized carbons (Fsp3) is 0.0526. The molecule has 0 fully saturated rings. The minimum atomic E-state index is -5.79. The van der Waals surface area contributed by atoms with E-state index in [4.69, 9.17) is 4.42 Å². The zero-order chi connectivity index (χ0) is 19.0. The van der Waals surface area contributed by atoms with Crippen molar-refractivity contribution < 1.29 is 30.2 Å². The van der Waals surface area contributed by atoms with Gasteiger partial charge in [0.15, 0.2) is 5.75 Å². The van der Waals surface area contributed by atoms with Gasteiger partial charge in [0.1, 0.15) is 11.2 Å². The summed E-state index contributed by atoms with van der Waals surface area (Å²) in [6.07, 6.45) is 0. The van der Waals surface area contributed by atoms with E-state index in [0.29, 0.717) is 21.9 Å². The van der Waals surface area contributed by atoms with Crippen molar-refractivity contribution in [2.45, 2.75) is 5.51 Å². The Morgan fingerprint density at radius 3 is 1.89 bits per heavy atom. The van der Waals surface area contributed by atoms with Crippen molar-refractivity contribution in [2.75, 3.05) is 0 Å². The molecule has 27 heavy (non-hydrogen) atoms. The number of rotatable bonds is 2. The van der Waals surface area contributed by atoms with Crippen LogP contribution < -0.4 is 4.18 Å². The largest absolute Gasteiger partial charge is 0.534 e. The lowest BCUT2D eigenvalue weighted by atomic mass is 9.94. The summed E-state index contributed by atoms with van der Waals surface area (Å²) in [5, 5.41) is 3.74. The van der Waals surface area contributed by atoms with Crippen LogP contribution in [-0.4, -0.2) is 13.9 Å². The Labute approximate surface area is 150 Å². The van der Waals surface area contributed by atoms with Crippen molar-refractivity contribution in [3.8, 4) is 5.75 Å². The molecule has 0 aliphatic rings. The third-order valence-electron chi connectivity index (χ3n) is 4.59. The Bertz CT molecular complexity index is 1450. The zero-order valence-electron chi connectivity index (χ0n) is 13.4. The van der Waals surface area contributed by atoms with Crippen molar-refractivity contribution in [1.29, 1.82) is 0 Å². The topological polar surface area (TPSA) is 56.5 Å². The molecule has 0 aliphatic heterocycles. The molecular weight excluding hydrogens is 381 g/mol. The van der Waals surface area contributed by atoms with Crippen LogP contribution in [0, 0.1) is 0 Å². The van der Waals surface area contributed by atoms with Gasteiger partial charge >= 0.3 is 15.6 Å². The van der Waals surface area contributed by atoms with Crippen LogP contribution in [0.3, 0.4) is 0 Å². The Morgan fingerprint density at radius 1 is 0.741 bits per heavy atom. The summed E-state index contributed by atoms with van der Waals surface area (Å²) in [5.41, 5.74) is -4.30. The minimum absolute atomic E-state index is 0.289. The monoisotopic (exact) mass is 390 g/mol. The van der Waals surface area contributed by atoms with Gasteiger partial charge in [-0.25, -0.2) is 0 Å². The third-order valence-corrected chi connectivity index (χ3v) is 5.56. The molecule has 0 atom stereocenters. The Hall–Kier alpha value is -3.00. The fourth-order valence-electron chi connectivity index (χ4n) is 3.57. The van der Waals surface area contributed by atoms with Crippen LogP contribution in [-0.2, 0) is 10.1 Å². The minimum Gasteiger partial charge on any atom is -0.456 e. The first-order valence-corrected chi connectivity index (χ1v) is 9.27. The molecule has 5 rings (SSSR count). The molecule has 0 bridgehead atoms. The van der Waals surface area contributed by atoms with Gasteiger partial charge in [0.25, 0.3) is 0 Å². The van der Waals surface area contributed by atoms with Crippen LogP contribution in [0.15, 0.2) is 59.0 Å². The van der Waals surface area contributed by atoms with Gasteiger partial charge in [-0.15, -0.1) is 0 Å². The molecule has 1 heterocycles. The number of hydrogen-bond acceptors (Lipinski definition) is 4. The van der Waals surface area contributed by atoms with Crippen molar-refractivity contribution in [2.24, 2.45) is 0 Å². The molecule has 136 valence electrons. The summed E-state index contributed by atoms with van der Waals surface area (Å²) in [5.74, 6) is -0.374. The first-order valence-electron chi connectivity index (χ1n) is 7.87. The van der Waals surface area contributed by atoms with Gasteiger partial charge in [-0.05, 0) is 34.4 Å². The van der Waals surface area contributed by atoms with Crippen LogP contribution in [0.5, 0.6) is 5.75 Å². The summed E-state index contributed by atoms with van der Waals surface area (Å²) in [7, 11) is -5.79. The molecule has 0 aliphatic carbocycles. The average molecular weight is 390 g/mol. The fourth-order valence-corrected chi connectivity index (χ4v) is 4.04. The summed E-state index contributed by atoms with van der Waals surface area (Å²) >= 11 is 0. The van der Waals surface area contributed by atoms with Gasteiger partial charge in [-0.1, -0.05) is 36.4 Å². The molecule has 8 heteroatoms. The van der Waals surface area contributed by atoms with E-state index in [-0.39, 0.29) is 11.1 Å². The third kappa shape index (κ3) is 2.13. The van der Waals surface area contributed by atoms with Gasteiger partial charge in [0, 0.05) is 16.2 Å². The average Bonchev–Trinajstić information content (AvgIpc) is 2.99. The van der Waals surface area contributed by atoms with Gasteiger partial charge in [-0.2, -0.15) is 21.6 Å². The second-order valence-corrected chi connectivity index (χ2v) is 7.66. The van der Waals surface area contributed by atoms with E-state index in [1.165, 1.54) is 12.1 Å². The highest BCUT2D eigenvalue weighted by atomic mass is 32.2. The number of halogens is 3. The predicted octanol–water partition coefficient (Wildman–Crippen LogP) is 5.56. The maximum Gasteiger partial charge on any atom is 0.534 e. The van der Waals surface area contributed by atoms with E-state index >= 15 is 0 Å². The Kier molecular flexibility index (Phi) is 3.02. The summed E-state index contributed by atoms with van der Waals surface area (Å²) in [6.45, 7) is 0. The lowest BCUT2D eigenvalue weighted by molar-refractivity contribution is -0.0499. The molecular formula is C19H9F3O4S. The number of alkyl halides is 3. The maximum atomic E-state index is 12.8. The van der Waals surface area contributed by atoms with E-state index in [1.54, 1.807) is 30.3 Å². The standard InChI is InChI=1S/C19H9F3O4S/c20-19(21,22)27(23,24)26-15-9-2-4-10-11-5-1-7-13-17(11)18-12(16(10)15)6-3-8-14(18)25-13/h1-9H. The number of furan rings is 1. The molecule has 5 aromatic rings. The van der Waals surface area contributed by atoms with Crippen LogP contribution in [0.2, 0.25) is 0 Å². The van der Waals surface area contributed by atoms with Crippen molar-refractivity contribution in [3.63, 3.8) is 0 Å². The normalized spacial score (nSPS) is 13.3. The van der Waals surface area contributed by atoms with Gasteiger partial charge in [-0.3, -0.25) is 0 Å². The molecule has 0 amide bonds. The molecule has 0 N–H and O–H groups in total. The van der Waals surface area contributed by atoms with Crippen LogP contribution in [0.4, 0.5) is 13.2 Å². The van der Waals surface area contributed by atoms with E-state index in [2.05, 4.69) is 4.18 Å². The Morgan fingerprint density at radius 2 is 1.26 bits per heavy atom. The van der Waals surface area contributed by atoms with Gasteiger partial charge < -0.3 is 8.60 Å². The van der Waals surface area contributed by atoms with E-state index in [0.717, 1.165) is 16.2 Å². The number of hydrogen-bond donors (Lipinski definition) is 0. The second-order valence-electron chi connectivity index (χ2n) is 6.12. The molecule has 0 saturated heterocycles. The molecule has 0 unspecified atom stereocenters. The Balaban J connectivity index is 1.97. The number of fused-ring (bicyclic) bond motifs is 3. The second kappa shape index (κ2) is 5.04. The molecule has 4 aromatic carbocycles. The molecule has 1 aromatic heterocycles. The lowest BCUT2D eigenvalue weighted by Gasteiger charge is -2.14. The van der Waals surface area contributed by atoms with Crippen LogP contribution in [0.1, 0.15) is 0 Å². The van der Waals surface area contributed by atoms with Gasteiger partial charge in [0.2, 0.25) is 0 Å². The lowest BCUT2D eigenvalue weighted by Crippen LogP contribution is -2.28. The first-order chi connectivity index (χ1) is 12.8. The van der Waals surface area contributed by atoms with Crippen molar-refractivity contribution >= 4 is 53.6 Å². The van der Waals surface area contributed by atoms with E-state index < -0.39 is 15.6 Å². The summed E-state index contributed by atoms with van der Waals surface area (Å²) < 4.78 is 72.0. The molecule has 0 saturated carbocycles. The highest BCUT2D eigenvalue weighted by Gasteiger charge is 2.48. The zero-order valence-corrected chi connectivity index (χ0v) is 14.2. The van der Waals surface area contributed by atoms with Gasteiger partial charge in [0.05, 0.1) is 0 Å². The SMILES string of the molecule is O=S(=O)(Oc1cccc2c3cccc4oc5cccc(c12)c5c43)C(F)(F)F. The summed E-state index contributed by atoms with van der Waals surface area (Å²) in [6, 6.07) is 14.9. The number of benzene rings is 4. The highest BCUT2D eigenvalue weighted by molar-refractivity contribution is 7.88. The molecule has 0 radical (unpaired) electrons. The van der Waals surface area contributed by atoms with Crippen molar-refractivity contribution in [1.82, 2.24) is 0 Å².